The summed E-state index contributed by atoms with van der Waals surface area (Å²) in [5, 5.41) is 2.38. The van der Waals surface area contributed by atoms with Crippen LogP contribution in [0.3, 0.4) is 0 Å². The second-order valence-electron chi connectivity index (χ2n) is 19.3. The first-order chi connectivity index (χ1) is 27.5. The lowest BCUT2D eigenvalue weighted by Crippen LogP contribution is -2.24. The Morgan fingerprint density at radius 1 is 0.552 bits per heavy atom. The molecule has 0 unspecified atom stereocenters. The van der Waals surface area contributed by atoms with E-state index in [1.54, 1.807) is 0 Å². The second-order valence-corrected chi connectivity index (χ2v) is 19.3. The quantitative estimate of drug-likeness (QED) is 0.154. The normalized spacial score (nSPS) is 13.6. The summed E-state index contributed by atoms with van der Waals surface area (Å²) >= 11 is 0. The van der Waals surface area contributed by atoms with E-state index in [9.17, 15) is 0 Å². The van der Waals surface area contributed by atoms with Crippen molar-refractivity contribution in [2.45, 2.75) is 111 Å². The topological polar surface area (TPSA) is 33.5 Å². The van der Waals surface area contributed by atoms with E-state index in [2.05, 4.69) is 206 Å². The molecule has 58 heavy (non-hydrogen) atoms. The standard InChI is InChI=1S/C53H60N4O/c1-12-35(13-2)36-17-16-18-40(27-36)55-34-56(47-20-15-14-19-46(47)55)41-28-39(53(9,10)11)29-43(32-41)58-42-22-24-45-44-23-21-37(51(3,4)5)30-48(44)57(49(45)33-42)50-31-38(25-26-54-50)52(6,7)8/h14-33,35H,12-13,34H2,1-11H3. The Morgan fingerprint density at radius 2 is 1.17 bits per heavy atom. The minimum Gasteiger partial charge on any atom is -0.457 e. The first-order valence-corrected chi connectivity index (χ1v) is 21.2. The molecule has 5 aromatic carbocycles. The molecular weight excluding hydrogens is 709 g/mol. The van der Waals surface area contributed by atoms with Gasteiger partial charge in [-0.25, -0.2) is 4.98 Å². The predicted molar refractivity (Wildman–Crippen MR) is 247 cm³/mol. The Morgan fingerprint density at radius 3 is 1.83 bits per heavy atom. The van der Waals surface area contributed by atoms with Crippen molar-refractivity contribution in [1.82, 2.24) is 9.55 Å². The highest BCUT2D eigenvalue weighted by molar-refractivity contribution is 6.09. The van der Waals surface area contributed by atoms with E-state index in [0.717, 1.165) is 46.9 Å². The highest BCUT2D eigenvalue weighted by Crippen LogP contribution is 2.47. The lowest BCUT2D eigenvalue weighted by Gasteiger charge is -2.26. The molecule has 0 spiro atoms. The van der Waals surface area contributed by atoms with Gasteiger partial charge in [0, 0.05) is 40.5 Å². The maximum Gasteiger partial charge on any atom is 0.137 e. The van der Waals surface area contributed by atoms with Crippen molar-refractivity contribution in [3.05, 3.63) is 144 Å². The highest BCUT2D eigenvalue weighted by atomic mass is 16.5. The van der Waals surface area contributed by atoms with E-state index in [0.29, 0.717) is 12.6 Å². The number of aromatic nitrogens is 2. The van der Waals surface area contributed by atoms with Gasteiger partial charge in [-0.2, -0.15) is 0 Å². The molecule has 0 N–H and O–H groups in total. The smallest absolute Gasteiger partial charge is 0.137 e. The van der Waals surface area contributed by atoms with Crippen molar-refractivity contribution in [3.8, 4) is 17.3 Å². The first kappa shape index (κ1) is 39.3. The Balaban J connectivity index is 1.23. The molecule has 0 saturated heterocycles. The SMILES string of the molecule is CCC(CC)c1cccc(N2CN(c3cc(Oc4ccc5c6ccc(C(C)(C)C)cc6n(-c6cc(C(C)(C)C)ccn6)c5c4)cc(C(C)(C)C)c3)c3ccccc32)c1. The van der Waals surface area contributed by atoms with Crippen molar-refractivity contribution in [2.75, 3.05) is 16.5 Å². The predicted octanol–water partition coefficient (Wildman–Crippen LogP) is 15.0. The van der Waals surface area contributed by atoms with Gasteiger partial charge in [-0.1, -0.05) is 113 Å². The number of pyridine rings is 1. The van der Waals surface area contributed by atoms with Crippen LogP contribution < -0.4 is 14.5 Å². The zero-order valence-electron chi connectivity index (χ0n) is 36.4. The highest BCUT2D eigenvalue weighted by Gasteiger charge is 2.30. The van der Waals surface area contributed by atoms with Gasteiger partial charge < -0.3 is 14.5 Å². The van der Waals surface area contributed by atoms with Gasteiger partial charge in [0.05, 0.1) is 22.4 Å². The molecule has 8 rings (SSSR count). The van der Waals surface area contributed by atoms with Gasteiger partial charge in [0.2, 0.25) is 0 Å². The zero-order chi connectivity index (χ0) is 41.1. The number of rotatable bonds is 8. The summed E-state index contributed by atoms with van der Waals surface area (Å²) in [7, 11) is 0. The van der Waals surface area contributed by atoms with Crippen LogP contribution in [0.2, 0.25) is 0 Å². The third kappa shape index (κ3) is 7.36. The molecule has 1 aliphatic rings. The average Bonchev–Trinajstić information content (AvgIpc) is 3.73. The summed E-state index contributed by atoms with van der Waals surface area (Å²) in [4.78, 5) is 9.86. The minimum atomic E-state index is -0.0957. The number of para-hydroxylation sites is 2. The fourth-order valence-electron chi connectivity index (χ4n) is 8.51. The van der Waals surface area contributed by atoms with Crippen LogP contribution in [0.1, 0.15) is 117 Å². The van der Waals surface area contributed by atoms with Gasteiger partial charge in [-0.3, -0.25) is 4.57 Å². The molecule has 298 valence electrons. The minimum absolute atomic E-state index is 0.00427. The molecule has 5 heteroatoms. The zero-order valence-corrected chi connectivity index (χ0v) is 36.4. The second kappa shape index (κ2) is 14.7. The van der Waals surface area contributed by atoms with Crippen LogP contribution in [0.4, 0.5) is 22.7 Å². The molecule has 0 aliphatic carbocycles. The van der Waals surface area contributed by atoms with E-state index in [-0.39, 0.29) is 16.2 Å². The van der Waals surface area contributed by atoms with E-state index >= 15 is 0 Å². The van der Waals surface area contributed by atoms with E-state index < -0.39 is 0 Å². The molecule has 3 heterocycles. The number of benzene rings is 5. The fourth-order valence-corrected chi connectivity index (χ4v) is 8.51. The monoisotopic (exact) mass is 768 g/mol. The molecule has 0 amide bonds. The molecule has 0 bridgehead atoms. The van der Waals surface area contributed by atoms with Crippen molar-refractivity contribution in [1.29, 1.82) is 0 Å². The molecule has 0 fully saturated rings. The molecule has 7 aromatic rings. The summed E-state index contributed by atoms with van der Waals surface area (Å²) in [6, 6.07) is 42.5. The molecule has 2 aromatic heterocycles. The molecule has 1 aliphatic heterocycles. The van der Waals surface area contributed by atoms with E-state index in [1.165, 1.54) is 50.1 Å². The van der Waals surface area contributed by atoms with Crippen molar-refractivity contribution >= 4 is 44.6 Å². The number of fused-ring (bicyclic) bond motifs is 4. The van der Waals surface area contributed by atoms with E-state index in [4.69, 9.17) is 9.72 Å². The van der Waals surface area contributed by atoms with Gasteiger partial charge in [0.1, 0.15) is 24.0 Å². The number of hydrogen-bond acceptors (Lipinski definition) is 4. The van der Waals surface area contributed by atoms with Gasteiger partial charge in [0.15, 0.2) is 0 Å². The van der Waals surface area contributed by atoms with Crippen LogP contribution in [-0.2, 0) is 16.2 Å². The van der Waals surface area contributed by atoms with Crippen molar-refractivity contribution in [3.63, 3.8) is 0 Å². The number of nitrogens with zero attached hydrogens (tertiary/aromatic N) is 4. The van der Waals surface area contributed by atoms with E-state index in [1.807, 2.05) is 6.20 Å². The Labute approximate surface area is 346 Å². The summed E-state index contributed by atoms with van der Waals surface area (Å²) in [5.41, 5.74) is 12.0. The van der Waals surface area contributed by atoms with Gasteiger partial charge in [-0.15, -0.1) is 0 Å². The molecule has 0 radical (unpaired) electrons. The maximum absolute atomic E-state index is 6.96. The van der Waals surface area contributed by atoms with Gasteiger partial charge in [0.25, 0.3) is 0 Å². The third-order valence-corrected chi connectivity index (χ3v) is 12.1. The van der Waals surface area contributed by atoms with Crippen LogP contribution in [0.15, 0.2) is 121 Å². The Hall–Kier alpha value is -5.55. The largest absolute Gasteiger partial charge is 0.457 e. The van der Waals surface area contributed by atoms with Crippen LogP contribution in [-0.4, -0.2) is 16.2 Å². The molecule has 5 nitrogen and oxygen atoms in total. The summed E-state index contributed by atoms with van der Waals surface area (Å²) in [5.74, 6) is 3.08. The summed E-state index contributed by atoms with van der Waals surface area (Å²) in [6.45, 7) is 25.7. The Bertz CT molecular complexity index is 2630. The molecule has 0 saturated carbocycles. The maximum atomic E-state index is 6.96. The fraction of sp³-hybridized carbons (Fsp3) is 0.340. The first-order valence-electron chi connectivity index (χ1n) is 21.2. The lowest BCUT2D eigenvalue weighted by atomic mass is 9.86. The number of hydrogen-bond donors (Lipinski definition) is 0. The van der Waals surface area contributed by atoms with Crippen LogP contribution in [0.25, 0.3) is 27.6 Å². The van der Waals surface area contributed by atoms with Crippen LogP contribution >= 0.6 is 0 Å². The molecule has 0 atom stereocenters. The third-order valence-electron chi connectivity index (χ3n) is 12.1. The van der Waals surface area contributed by atoms with Gasteiger partial charge in [-0.05, 0) is 124 Å². The Kier molecular flexibility index (Phi) is 9.94. The average molecular weight is 769 g/mol. The van der Waals surface area contributed by atoms with Crippen molar-refractivity contribution in [2.24, 2.45) is 0 Å². The number of anilines is 4. The molecular formula is C53H60N4O. The van der Waals surface area contributed by atoms with Crippen molar-refractivity contribution < 1.29 is 4.74 Å². The van der Waals surface area contributed by atoms with Crippen LogP contribution in [0.5, 0.6) is 11.5 Å². The number of ether oxygens (including phenoxy) is 1. The van der Waals surface area contributed by atoms with Crippen LogP contribution in [0, 0.1) is 0 Å². The summed E-state index contributed by atoms with van der Waals surface area (Å²) < 4.78 is 9.28. The lowest BCUT2D eigenvalue weighted by molar-refractivity contribution is 0.479. The summed E-state index contributed by atoms with van der Waals surface area (Å²) in [6.07, 6.45) is 4.22. The van der Waals surface area contributed by atoms with Gasteiger partial charge >= 0.3 is 0 Å².